The summed E-state index contributed by atoms with van der Waals surface area (Å²) in [5.74, 6) is 0.413. The van der Waals surface area contributed by atoms with Gasteiger partial charge in [-0.1, -0.05) is 18.9 Å². The summed E-state index contributed by atoms with van der Waals surface area (Å²) >= 11 is 0. The van der Waals surface area contributed by atoms with Crippen LogP contribution in [0.4, 0.5) is 0 Å². The molecule has 1 unspecified atom stereocenters. The maximum absolute atomic E-state index is 11.7. The fourth-order valence-electron chi connectivity index (χ4n) is 2.83. The monoisotopic (exact) mass is 278 g/mol. The molecule has 2 rings (SSSR count). The van der Waals surface area contributed by atoms with Crippen LogP contribution in [0.25, 0.3) is 0 Å². The van der Waals surface area contributed by atoms with E-state index in [1.807, 2.05) is 18.2 Å². The lowest BCUT2D eigenvalue weighted by molar-refractivity contribution is -0.153. The summed E-state index contributed by atoms with van der Waals surface area (Å²) in [4.78, 5) is 11.7. The third-order valence-corrected chi connectivity index (χ3v) is 3.88. The molecule has 1 saturated carbocycles. The highest BCUT2D eigenvalue weighted by molar-refractivity contribution is 5.77. The first kappa shape index (κ1) is 14.9. The third-order valence-electron chi connectivity index (χ3n) is 3.88. The molecule has 0 saturated heterocycles. The summed E-state index contributed by atoms with van der Waals surface area (Å²) in [6, 6.07) is 5.73. The molecule has 1 fully saturated rings. The molecule has 0 radical (unpaired) electrons. The lowest BCUT2D eigenvalue weighted by Gasteiger charge is -2.17. The van der Waals surface area contributed by atoms with E-state index in [9.17, 15) is 9.90 Å². The van der Waals surface area contributed by atoms with Crippen molar-refractivity contribution < 1.29 is 19.4 Å². The molecule has 0 amide bonds. The summed E-state index contributed by atoms with van der Waals surface area (Å²) in [5.41, 5.74) is 1.66. The summed E-state index contributed by atoms with van der Waals surface area (Å²) in [5, 5.41) is 10.1. The lowest BCUT2D eigenvalue weighted by atomic mass is 9.94. The molecular formula is C16H22O4. The van der Waals surface area contributed by atoms with Crippen LogP contribution in [0.2, 0.25) is 0 Å². The van der Waals surface area contributed by atoms with Gasteiger partial charge in [0.15, 0.2) is 6.10 Å². The molecule has 0 heterocycles. The van der Waals surface area contributed by atoms with Gasteiger partial charge in [0.1, 0.15) is 5.75 Å². The zero-order valence-electron chi connectivity index (χ0n) is 12.1. The van der Waals surface area contributed by atoms with Gasteiger partial charge in [0, 0.05) is 5.56 Å². The molecule has 110 valence electrons. The number of carbonyl (C=O) groups excluding carboxylic acids is 1. The Hall–Kier alpha value is -1.55. The van der Waals surface area contributed by atoms with Crippen LogP contribution in [0.15, 0.2) is 18.2 Å². The molecule has 0 aliphatic heterocycles. The number of benzene rings is 1. The summed E-state index contributed by atoms with van der Waals surface area (Å²) in [6.07, 6.45) is 3.54. The van der Waals surface area contributed by atoms with Crippen molar-refractivity contribution in [3.63, 3.8) is 0 Å². The fraction of sp³-hybridized carbons (Fsp3) is 0.562. The van der Waals surface area contributed by atoms with Gasteiger partial charge in [-0.15, -0.1) is 0 Å². The molecule has 1 aromatic rings. The molecule has 1 aliphatic rings. The fourth-order valence-corrected chi connectivity index (χ4v) is 2.83. The Morgan fingerprint density at radius 2 is 2.10 bits per heavy atom. The number of ether oxygens (including phenoxy) is 2. The summed E-state index contributed by atoms with van der Waals surface area (Å²) in [6.45, 7) is 1.97. The van der Waals surface area contributed by atoms with Crippen molar-refractivity contribution >= 4 is 5.97 Å². The normalized spacial score (nSPS) is 16.9. The highest BCUT2D eigenvalue weighted by Gasteiger charge is 2.25. The topological polar surface area (TPSA) is 55.8 Å². The quantitative estimate of drug-likeness (QED) is 0.841. The van der Waals surface area contributed by atoms with Crippen LogP contribution in [-0.4, -0.2) is 24.8 Å². The summed E-state index contributed by atoms with van der Waals surface area (Å²) in [7, 11) is 1.53. The maximum atomic E-state index is 11.7. The number of rotatable bonds is 5. The predicted molar refractivity (Wildman–Crippen MR) is 75.8 cm³/mol. The van der Waals surface area contributed by atoms with E-state index in [2.05, 4.69) is 0 Å². The Kier molecular flexibility index (Phi) is 5.01. The molecule has 1 aromatic carbocycles. The van der Waals surface area contributed by atoms with Crippen molar-refractivity contribution in [2.75, 3.05) is 13.7 Å². The highest BCUT2D eigenvalue weighted by Crippen LogP contribution is 2.37. The first-order valence-electron chi connectivity index (χ1n) is 7.20. The van der Waals surface area contributed by atoms with E-state index in [0.29, 0.717) is 17.2 Å². The number of methoxy groups -OCH3 is 1. The van der Waals surface area contributed by atoms with Gasteiger partial charge in [-0.25, -0.2) is 4.79 Å². The van der Waals surface area contributed by atoms with Crippen molar-refractivity contribution in [3.05, 3.63) is 29.3 Å². The average molecular weight is 278 g/mol. The van der Waals surface area contributed by atoms with Crippen molar-refractivity contribution in [3.8, 4) is 5.75 Å². The van der Waals surface area contributed by atoms with Gasteiger partial charge in [-0.3, -0.25) is 0 Å². The minimum atomic E-state index is -1.29. The zero-order chi connectivity index (χ0) is 14.5. The smallest absolute Gasteiger partial charge is 0.339 e. The van der Waals surface area contributed by atoms with Crippen LogP contribution in [0.5, 0.6) is 5.75 Å². The van der Waals surface area contributed by atoms with Gasteiger partial charge in [0.25, 0.3) is 0 Å². The Bertz CT molecular complexity index is 464. The van der Waals surface area contributed by atoms with E-state index in [-0.39, 0.29) is 6.61 Å². The lowest BCUT2D eigenvalue weighted by Crippen LogP contribution is -2.16. The second-order valence-corrected chi connectivity index (χ2v) is 5.14. The van der Waals surface area contributed by atoms with E-state index in [1.165, 1.54) is 38.4 Å². The van der Waals surface area contributed by atoms with Gasteiger partial charge in [-0.2, -0.15) is 0 Å². The number of hydrogen-bond donors (Lipinski definition) is 1. The molecule has 1 atom stereocenters. The van der Waals surface area contributed by atoms with Crippen LogP contribution in [0.1, 0.15) is 55.8 Å². The third kappa shape index (κ3) is 3.12. The number of carbonyl (C=O) groups is 1. The molecule has 4 heteroatoms. The van der Waals surface area contributed by atoms with Crippen molar-refractivity contribution in [1.29, 1.82) is 0 Å². The van der Waals surface area contributed by atoms with Crippen LogP contribution in [0, 0.1) is 0 Å². The maximum Gasteiger partial charge on any atom is 0.339 e. The van der Waals surface area contributed by atoms with Crippen LogP contribution >= 0.6 is 0 Å². The number of aliphatic hydroxyl groups is 1. The van der Waals surface area contributed by atoms with Gasteiger partial charge < -0.3 is 14.6 Å². The van der Waals surface area contributed by atoms with E-state index in [1.54, 1.807) is 6.92 Å². The first-order chi connectivity index (χ1) is 9.67. The van der Waals surface area contributed by atoms with Gasteiger partial charge in [-0.05, 0) is 43.4 Å². The molecule has 0 bridgehead atoms. The van der Waals surface area contributed by atoms with Crippen LogP contribution in [-0.2, 0) is 9.53 Å². The molecular weight excluding hydrogens is 256 g/mol. The Labute approximate surface area is 119 Å². The van der Waals surface area contributed by atoms with Crippen molar-refractivity contribution in [2.24, 2.45) is 0 Å². The summed E-state index contributed by atoms with van der Waals surface area (Å²) < 4.78 is 10.1. The van der Waals surface area contributed by atoms with Crippen LogP contribution in [0.3, 0.4) is 0 Å². The van der Waals surface area contributed by atoms with Gasteiger partial charge in [0.2, 0.25) is 0 Å². The minimum Gasteiger partial charge on any atom is -0.496 e. The first-order valence-corrected chi connectivity index (χ1v) is 7.20. The van der Waals surface area contributed by atoms with Gasteiger partial charge >= 0.3 is 5.97 Å². The van der Waals surface area contributed by atoms with Crippen molar-refractivity contribution in [1.82, 2.24) is 0 Å². The van der Waals surface area contributed by atoms with Crippen molar-refractivity contribution in [2.45, 2.75) is 44.6 Å². The average Bonchev–Trinajstić information content (AvgIpc) is 3.00. The Balaban J connectivity index is 2.28. The largest absolute Gasteiger partial charge is 0.496 e. The highest BCUT2D eigenvalue weighted by atomic mass is 16.5. The number of aliphatic hydroxyl groups excluding tert-OH is 1. The SMILES string of the molecule is CCOC(=O)C(O)c1cc(C2CCCC2)ccc1OC. The number of esters is 1. The molecule has 20 heavy (non-hydrogen) atoms. The molecule has 0 aromatic heterocycles. The zero-order valence-corrected chi connectivity index (χ0v) is 12.1. The second kappa shape index (κ2) is 6.75. The Morgan fingerprint density at radius 1 is 1.40 bits per heavy atom. The van der Waals surface area contributed by atoms with Crippen LogP contribution < -0.4 is 4.74 Å². The second-order valence-electron chi connectivity index (χ2n) is 5.14. The van der Waals surface area contributed by atoms with E-state index < -0.39 is 12.1 Å². The van der Waals surface area contributed by atoms with E-state index in [4.69, 9.17) is 9.47 Å². The van der Waals surface area contributed by atoms with Gasteiger partial charge in [0.05, 0.1) is 13.7 Å². The number of hydrogen-bond acceptors (Lipinski definition) is 4. The molecule has 1 aliphatic carbocycles. The standard InChI is InChI=1S/C16H22O4/c1-3-20-16(18)15(17)13-10-12(8-9-14(13)19-2)11-6-4-5-7-11/h8-11,15,17H,3-7H2,1-2H3. The molecule has 0 spiro atoms. The molecule has 1 N–H and O–H groups in total. The van der Waals surface area contributed by atoms with E-state index >= 15 is 0 Å². The molecule has 4 nitrogen and oxygen atoms in total. The minimum absolute atomic E-state index is 0.251. The predicted octanol–water partition coefficient (Wildman–Crippen LogP) is 2.95. The van der Waals surface area contributed by atoms with E-state index in [0.717, 1.165) is 0 Å². The Morgan fingerprint density at radius 3 is 2.70 bits per heavy atom.